The third kappa shape index (κ3) is 6.54. The number of benzene rings is 1. The normalized spacial score (nSPS) is 11.6. The highest BCUT2D eigenvalue weighted by Gasteiger charge is 2.09. The number of rotatable bonds is 11. The zero-order chi connectivity index (χ0) is 20.2. The van der Waals surface area contributed by atoms with Gasteiger partial charge in [0.05, 0.1) is 19.9 Å². The number of ether oxygens (including phenoxy) is 2. The van der Waals surface area contributed by atoms with Gasteiger partial charge >= 0.3 is 5.97 Å². The molecule has 6 nitrogen and oxygen atoms in total. The molecule has 0 bridgehead atoms. The Labute approximate surface area is 165 Å². The highest BCUT2D eigenvalue weighted by atomic mass is 16.5. The van der Waals surface area contributed by atoms with E-state index in [4.69, 9.17) is 9.15 Å². The maximum atomic E-state index is 11.0. The second-order valence-electron chi connectivity index (χ2n) is 6.03. The van der Waals surface area contributed by atoms with Crippen LogP contribution in [0, 0.1) is 0 Å². The van der Waals surface area contributed by atoms with Gasteiger partial charge in [0.15, 0.2) is 5.76 Å². The predicted octanol–water partition coefficient (Wildman–Crippen LogP) is 5.07. The van der Waals surface area contributed by atoms with Crippen molar-refractivity contribution in [2.45, 2.75) is 32.6 Å². The van der Waals surface area contributed by atoms with Gasteiger partial charge in [-0.25, -0.2) is 4.98 Å². The minimum atomic E-state index is -0.165. The summed E-state index contributed by atoms with van der Waals surface area (Å²) in [5.41, 5.74) is 1.76. The summed E-state index contributed by atoms with van der Waals surface area (Å²) >= 11 is 0. The SMILES string of the molecule is C=NC=CC(=CC)c1ncc(-c2ccc(OCCCCCC(=O)OC)cc2)o1. The molecule has 6 heteroatoms. The summed E-state index contributed by atoms with van der Waals surface area (Å²) in [4.78, 5) is 19.1. The first kappa shape index (κ1) is 21.2. The van der Waals surface area contributed by atoms with E-state index in [1.54, 1.807) is 18.5 Å². The van der Waals surface area contributed by atoms with Gasteiger partial charge < -0.3 is 13.9 Å². The largest absolute Gasteiger partial charge is 0.494 e. The third-order valence-corrected chi connectivity index (χ3v) is 4.08. The molecule has 0 fully saturated rings. The number of aliphatic imine (C=N–C) groups is 1. The fraction of sp³-hybridized carbons (Fsp3) is 0.318. The van der Waals surface area contributed by atoms with Crippen molar-refractivity contribution in [3.8, 4) is 17.1 Å². The fourth-order valence-corrected chi connectivity index (χ4v) is 2.52. The number of unbranched alkanes of at least 4 members (excludes halogenated alkanes) is 2. The maximum absolute atomic E-state index is 11.0. The van der Waals surface area contributed by atoms with Crippen LogP contribution in [-0.2, 0) is 9.53 Å². The molecule has 0 aliphatic rings. The van der Waals surface area contributed by atoms with E-state index < -0.39 is 0 Å². The summed E-state index contributed by atoms with van der Waals surface area (Å²) in [6.45, 7) is 5.95. The van der Waals surface area contributed by atoms with Crippen molar-refractivity contribution in [1.29, 1.82) is 0 Å². The molecule has 0 radical (unpaired) electrons. The quantitative estimate of drug-likeness (QED) is 0.235. The number of hydrogen-bond acceptors (Lipinski definition) is 6. The highest BCUT2D eigenvalue weighted by Crippen LogP contribution is 2.26. The van der Waals surface area contributed by atoms with Crippen molar-refractivity contribution in [2.24, 2.45) is 4.99 Å². The molecule has 0 aliphatic carbocycles. The highest BCUT2D eigenvalue weighted by molar-refractivity contribution is 5.70. The average Bonchev–Trinajstić information content (AvgIpc) is 3.21. The second kappa shape index (κ2) is 11.5. The Morgan fingerprint density at radius 1 is 1.25 bits per heavy atom. The Kier molecular flexibility index (Phi) is 8.72. The molecule has 148 valence electrons. The summed E-state index contributed by atoms with van der Waals surface area (Å²) < 4.78 is 16.2. The first-order valence-corrected chi connectivity index (χ1v) is 9.23. The van der Waals surface area contributed by atoms with E-state index in [9.17, 15) is 4.79 Å². The topological polar surface area (TPSA) is 73.9 Å². The van der Waals surface area contributed by atoms with Gasteiger partial charge in [-0.3, -0.25) is 9.79 Å². The molecule has 0 amide bonds. The third-order valence-electron chi connectivity index (χ3n) is 4.08. The molecule has 2 rings (SSSR count). The summed E-state index contributed by atoms with van der Waals surface area (Å²) in [6.07, 6.45) is 10.1. The van der Waals surface area contributed by atoms with Crippen LogP contribution >= 0.6 is 0 Å². The van der Waals surface area contributed by atoms with E-state index in [0.717, 1.165) is 36.1 Å². The lowest BCUT2D eigenvalue weighted by Gasteiger charge is -2.06. The molecule has 28 heavy (non-hydrogen) atoms. The second-order valence-corrected chi connectivity index (χ2v) is 6.03. The van der Waals surface area contributed by atoms with Gasteiger partial charge in [-0.1, -0.05) is 6.08 Å². The molecule has 0 atom stereocenters. The number of esters is 1. The van der Waals surface area contributed by atoms with Gasteiger partial charge in [0, 0.05) is 23.8 Å². The van der Waals surface area contributed by atoms with Crippen LogP contribution in [0.15, 0.2) is 58.2 Å². The lowest BCUT2D eigenvalue weighted by atomic mass is 10.2. The summed E-state index contributed by atoms with van der Waals surface area (Å²) in [6, 6.07) is 7.69. The maximum Gasteiger partial charge on any atom is 0.305 e. The Hall–Kier alpha value is -3.15. The number of aromatic nitrogens is 1. The molecule has 0 spiro atoms. The van der Waals surface area contributed by atoms with E-state index in [-0.39, 0.29) is 5.97 Å². The van der Waals surface area contributed by atoms with Crippen molar-refractivity contribution < 1.29 is 18.7 Å². The van der Waals surface area contributed by atoms with Gasteiger partial charge in [-0.05, 0) is 63.2 Å². The number of methoxy groups -OCH3 is 1. The Bertz CT molecular complexity index is 819. The molecule has 0 saturated carbocycles. The van der Waals surface area contributed by atoms with Crippen LogP contribution in [0.3, 0.4) is 0 Å². The number of allylic oxidation sites excluding steroid dienone is 3. The van der Waals surface area contributed by atoms with E-state index in [1.807, 2.05) is 37.3 Å². The van der Waals surface area contributed by atoms with Crippen LogP contribution in [0.2, 0.25) is 0 Å². The first-order valence-electron chi connectivity index (χ1n) is 9.23. The Balaban J connectivity index is 1.85. The van der Waals surface area contributed by atoms with Crippen LogP contribution in [-0.4, -0.2) is 31.4 Å². The first-order chi connectivity index (χ1) is 13.7. The van der Waals surface area contributed by atoms with E-state index in [0.29, 0.717) is 24.7 Å². The summed E-state index contributed by atoms with van der Waals surface area (Å²) in [5.74, 6) is 1.85. The molecular weight excluding hydrogens is 356 g/mol. The molecular formula is C22H26N2O4. The molecule has 0 unspecified atom stereocenters. The van der Waals surface area contributed by atoms with Crippen LogP contribution in [0.4, 0.5) is 0 Å². The van der Waals surface area contributed by atoms with Crippen molar-refractivity contribution in [2.75, 3.05) is 13.7 Å². The lowest BCUT2D eigenvalue weighted by molar-refractivity contribution is -0.140. The smallest absolute Gasteiger partial charge is 0.305 e. The minimum absolute atomic E-state index is 0.165. The van der Waals surface area contributed by atoms with E-state index in [2.05, 4.69) is 21.4 Å². The zero-order valence-electron chi connectivity index (χ0n) is 16.4. The Morgan fingerprint density at radius 3 is 2.71 bits per heavy atom. The molecule has 0 aliphatic heterocycles. The van der Waals surface area contributed by atoms with Gasteiger partial charge in [-0.15, -0.1) is 0 Å². The number of carbonyl (C=O) groups is 1. The summed E-state index contributed by atoms with van der Waals surface area (Å²) in [5, 5.41) is 0. The zero-order valence-corrected chi connectivity index (χ0v) is 16.4. The van der Waals surface area contributed by atoms with Gasteiger partial charge in [0.1, 0.15) is 5.75 Å². The van der Waals surface area contributed by atoms with Gasteiger partial charge in [0.2, 0.25) is 5.89 Å². The summed E-state index contributed by atoms with van der Waals surface area (Å²) in [7, 11) is 1.41. The molecule has 0 saturated heterocycles. The minimum Gasteiger partial charge on any atom is -0.494 e. The number of oxazole rings is 1. The van der Waals surface area contributed by atoms with Crippen molar-refractivity contribution in [3.05, 3.63) is 54.7 Å². The van der Waals surface area contributed by atoms with Gasteiger partial charge in [0.25, 0.3) is 0 Å². The van der Waals surface area contributed by atoms with E-state index >= 15 is 0 Å². The standard InChI is InChI=1S/C22H26N2O4/c1-4-17(13-14-23-2)22-24-16-20(28-22)18-9-11-19(12-10-18)27-15-7-5-6-8-21(25)26-3/h4,9-14,16H,2,5-8,15H2,1,3H3. The molecule has 0 N–H and O–H groups in total. The monoisotopic (exact) mass is 382 g/mol. The Morgan fingerprint density at radius 2 is 2.04 bits per heavy atom. The molecule has 1 heterocycles. The fourth-order valence-electron chi connectivity index (χ4n) is 2.52. The number of carbonyl (C=O) groups excluding carboxylic acids is 1. The van der Waals surface area contributed by atoms with E-state index in [1.165, 1.54) is 7.11 Å². The van der Waals surface area contributed by atoms with Crippen LogP contribution in [0.5, 0.6) is 5.75 Å². The number of hydrogen-bond donors (Lipinski definition) is 0. The molecule has 2 aromatic rings. The average molecular weight is 382 g/mol. The van der Waals surface area contributed by atoms with Crippen molar-refractivity contribution in [1.82, 2.24) is 4.98 Å². The van der Waals surface area contributed by atoms with Gasteiger partial charge in [-0.2, -0.15) is 0 Å². The van der Waals surface area contributed by atoms with Crippen molar-refractivity contribution >= 4 is 18.3 Å². The molecule has 1 aromatic heterocycles. The van der Waals surface area contributed by atoms with Crippen LogP contribution in [0.25, 0.3) is 16.9 Å². The number of nitrogens with zero attached hydrogens (tertiary/aromatic N) is 2. The van der Waals surface area contributed by atoms with Crippen molar-refractivity contribution in [3.63, 3.8) is 0 Å². The lowest BCUT2D eigenvalue weighted by Crippen LogP contribution is -2.01. The van der Waals surface area contributed by atoms with Crippen LogP contribution in [0.1, 0.15) is 38.5 Å². The molecule has 1 aromatic carbocycles. The van der Waals surface area contributed by atoms with Crippen LogP contribution < -0.4 is 4.74 Å². The predicted molar refractivity (Wildman–Crippen MR) is 110 cm³/mol.